The zero-order valence-electron chi connectivity index (χ0n) is 11.0. The van der Waals surface area contributed by atoms with Gasteiger partial charge in [0.2, 0.25) is 0 Å². The monoisotopic (exact) mass is 282 g/mol. The van der Waals surface area contributed by atoms with Crippen molar-refractivity contribution in [1.29, 1.82) is 0 Å². The van der Waals surface area contributed by atoms with Crippen molar-refractivity contribution in [1.82, 2.24) is 0 Å². The van der Waals surface area contributed by atoms with E-state index in [1.807, 2.05) is 24.3 Å². The molecule has 0 bridgehead atoms. The van der Waals surface area contributed by atoms with Gasteiger partial charge in [-0.3, -0.25) is 0 Å². The number of allylic oxidation sites excluding steroid dienone is 2. The van der Waals surface area contributed by atoms with Crippen molar-refractivity contribution in [3.63, 3.8) is 0 Å². The molecule has 0 spiro atoms. The highest BCUT2D eigenvalue weighted by Gasteiger charge is 2.12. The van der Waals surface area contributed by atoms with E-state index in [4.69, 9.17) is 10.0 Å². The molecule has 20 heavy (non-hydrogen) atoms. The zero-order valence-corrected chi connectivity index (χ0v) is 11.8. The molecule has 2 nitrogen and oxygen atoms in total. The third-order valence-corrected chi connectivity index (χ3v) is 4.00. The maximum absolute atomic E-state index is 9.12. The van der Waals surface area contributed by atoms with Crippen molar-refractivity contribution in [3.05, 3.63) is 67.8 Å². The largest absolute Gasteiger partial charge is 0.488 e. The van der Waals surface area contributed by atoms with Crippen LogP contribution in [-0.4, -0.2) is 17.2 Å². The number of rotatable bonds is 2. The summed E-state index contributed by atoms with van der Waals surface area (Å²) in [4.78, 5) is 0. The van der Waals surface area contributed by atoms with Gasteiger partial charge in [-0.25, -0.2) is 0 Å². The molecule has 0 aliphatic heterocycles. The molecular weight excluding hydrogens is 267 g/mol. The van der Waals surface area contributed by atoms with Crippen molar-refractivity contribution in [2.45, 2.75) is 0 Å². The van der Waals surface area contributed by atoms with Crippen LogP contribution in [0.15, 0.2) is 67.8 Å². The molecule has 3 aromatic rings. The summed E-state index contributed by atoms with van der Waals surface area (Å²) in [6, 6.07) is 13.7. The van der Waals surface area contributed by atoms with Crippen molar-refractivity contribution < 1.29 is 10.0 Å². The summed E-state index contributed by atoms with van der Waals surface area (Å²) in [5.74, 6) is 0. The first-order valence-electron chi connectivity index (χ1n) is 6.18. The smallest absolute Gasteiger partial charge is 0.423 e. The second-order valence-corrected chi connectivity index (χ2v) is 5.28. The Labute approximate surface area is 122 Å². The first-order chi connectivity index (χ1) is 9.67. The Morgan fingerprint density at radius 3 is 2.20 bits per heavy atom. The van der Waals surface area contributed by atoms with Crippen LogP contribution in [0.5, 0.6) is 0 Å². The van der Waals surface area contributed by atoms with E-state index >= 15 is 0 Å². The Hall–Kier alpha value is -1.88. The maximum Gasteiger partial charge on any atom is 0.488 e. The lowest BCUT2D eigenvalue weighted by atomic mass is 9.80. The van der Waals surface area contributed by atoms with Gasteiger partial charge in [0.1, 0.15) is 0 Å². The van der Waals surface area contributed by atoms with Crippen molar-refractivity contribution in [3.8, 4) is 0 Å². The lowest BCUT2D eigenvalue weighted by Gasteiger charge is -1.98. The molecule has 0 saturated carbocycles. The number of thiophene rings is 1. The fourth-order valence-electron chi connectivity index (χ4n) is 1.90. The quantitative estimate of drug-likeness (QED) is 0.560. The fourth-order valence-corrected chi connectivity index (χ4v) is 3.06. The molecule has 0 unspecified atom stereocenters. The van der Waals surface area contributed by atoms with Crippen molar-refractivity contribution in [2.24, 2.45) is 0 Å². The van der Waals surface area contributed by atoms with Gasteiger partial charge in [-0.1, -0.05) is 55.6 Å². The van der Waals surface area contributed by atoms with Crippen LogP contribution in [0.25, 0.3) is 20.2 Å². The Morgan fingerprint density at radius 1 is 0.900 bits per heavy atom. The summed E-state index contributed by atoms with van der Waals surface area (Å²) in [7, 11) is -1.39. The second kappa shape index (κ2) is 6.52. The van der Waals surface area contributed by atoms with Gasteiger partial charge in [-0.05, 0) is 17.6 Å². The van der Waals surface area contributed by atoms with Crippen LogP contribution in [0.1, 0.15) is 0 Å². The van der Waals surface area contributed by atoms with Gasteiger partial charge in [0.05, 0.1) is 0 Å². The zero-order chi connectivity index (χ0) is 14.5. The van der Waals surface area contributed by atoms with Gasteiger partial charge in [-0.2, -0.15) is 0 Å². The molecule has 2 aromatic carbocycles. The lowest BCUT2D eigenvalue weighted by molar-refractivity contribution is 0.426. The van der Waals surface area contributed by atoms with Crippen molar-refractivity contribution in [2.75, 3.05) is 0 Å². The van der Waals surface area contributed by atoms with Gasteiger partial charge < -0.3 is 10.0 Å². The lowest BCUT2D eigenvalue weighted by Crippen LogP contribution is -2.29. The molecule has 3 rings (SSSR count). The molecule has 1 aromatic heterocycles. The SMILES string of the molecule is C=CC=C.OB(O)c1ccc2c(c1)sc1ccccc12. The molecule has 100 valence electrons. The van der Waals surface area contributed by atoms with Crippen LogP contribution < -0.4 is 5.46 Å². The highest BCUT2D eigenvalue weighted by Crippen LogP contribution is 2.32. The van der Waals surface area contributed by atoms with E-state index in [0.29, 0.717) is 5.46 Å². The van der Waals surface area contributed by atoms with E-state index in [1.54, 1.807) is 29.6 Å². The first-order valence-corrected chi connectivity index (χ1v) is 7.00. The van der Waals surface area contributed by atoms with Crippen LogP contribution in [0, 0.1) is 0 Å². The minimum absolute atomic E-state index is 0.541. The summed E-state index contributed by atoms with van der Waals surface area (Å²) < 4.78 is 2.31. The van der Waals surface area contributed by atoms with Gasteiger partial charge in [0, 0.05) is 20.2 Å². The molecule has 0 fully saturated rings. The highest BCUT2D eigenvalue weighted by molar-refractivity contribution is 7.25. The molecule has 2 N–H and O–H groups in total. The highest BCUT2D eigenvalue weighted by atomic mass is 32.1. The van der Waals surface area contributed by atoms with E-state index in [9.17, 15) is 0 Å². The summed E-state index contributed by atoms with van der Waals surface area (Å²) >= 11 is 1.67. The molecule has 1 heterocycles. The average molecular weight is 282 g/mol. The Bertz CT molecular complexity index is 740. The summed E-state index contributed by atoms with van der Waals surface area (Å²) in [5, 5.41) is 20.6. The van der Waals surface area contributed by atoms with E-state index in [2.05, 4.69) is 25.3 Å². The van der Waals surface area contributed by atoms with E-state index in [-0.39, 0.29) is 0 Å². The maximum atomic E-state index is 9.12. The van der Waals surface area contributed by atoms with Crippen LogP contribution in [0.3, 0.4) is 0 Å². The first kappa shape index (κ1) is 14.5. The minimum atomic E-state index is -1.39. The number of hydrogen-bond donors (Lipinski definition) is 2. The number of fused-ring (bicyclic) bond motifs is 3. The van der Waals surface area contributed by atoms with E-state index in [1.165, 1.54) is 15.5 Å². The van der Waals surface area contributed by atoms with Crippen LogP contribution >= 0.6 is 11.3 Å². The summed E-state index contributed by atoms with van der Waals surface area (Å²) in [5.41, 5.74) is 0.541. The van der Waals surface area contributed by atoms with E-state index in [0.717, 1.165) is 4.70 Å². The Balaban J connectivity index is 0.000000328. The molecule has 0 saturated heterocycles. The Morgan fingerprint density at radius 2 is 1.55 bits per heavy atom. The topological polar surface area (TPSA) is 40.5 Å². The second-order valence-electron chi connectivity index (χ2n) is 4.20. The molecule has 0 aliphatic carbocycles. The van der Waals surface area contributed by atoms with Crippen molar-refractivity contribution >= 4 is 44.1 Å². The van der Waals surface area contributed by atoms with Gasteiger partial charge >= 0.3 is 7.12 Å². The molecular formula is C16H15BO2S. The van der Waals surface area contributed by atoms with Crippen LogP contribution in [0.2, 0.25) is 0 Å². The van der Waals surface area contributed by atoms with Gasteiger partial charge in [0.15, 0.2) is 0 Å². The molecule has 0 amide bonds. The molecule has 0 atom stereocenters. The Kier molecular flexibility index (Phi) is 4.74. The predicted octanol–water partition coefficient (Wildman–Crippen LogP) is 3.09. The number of hydrogen-bond acceptors (Lipinski definition) is 3. The minimum Gasteiger partial charge on any atom is -0.423 e. The summed E-state index contributed by atoms with van der Waals surface area (Å²) in [6.07, 6.45) is 3.28. The van der Waals surface area contributed by atoms with Crippen LogP contribution in [0.4, 0.5) is 0 Å². The normalized spacial score (nSPS) is 9.90. The van der Waals surface area contributed by atoms with Gasteiger partial charge in [-0.15, -0.1) is 11.3 Å². The van der Waals surface area contributed by atoms with E-state index < -0.39 is 7.12 Å². The van der Waals surface area contributed by atoms with Crippen LogP contribution in [-0.2, 0) is 0 Å². The molecule has 0 radical (unpaired) electrons. The van der Waals surface area contributed by atoms with Gasteiger partial charge in [0.25, 0.3) is 0 Å². The fraction of sp³-hybridized carbons (Fsp3) is 0. The predicted molar refractivity (Wildman–Crippen MR) is 89.6 cm³/mol. The average Bonchev–Trinajstić information content (AvgIpc) is 2.85. The molecule has 4 heteroatoms. The number of benzene rings is 2. The summed E-state index contributed by atoms with van der Waals surface area (Å²) in [6.45, 7) is 6.72. The standard InChI is InChI=1S/C12H9BO2S.C4H6/c14-13(15)8-5-6-10-9-3-1-2-4-11(9)16-12(10)7-8;1-3-4-2/h1-7,14-15H;3-4H,1-2H2. The third kappa shape index (κ3) is 2.99. The third-order valence-electron chi connectivity index (χ3n) is 2.87. The molecule has 0 aliphatic rings.